The third-order valence-corrected chi connectivity index (χ3v) is 3.37. The van der Waals surface area contributed by atoms with Gasteiger partial charge in [0, 0.05) is 13.1 Å². The van der Waals surface area contributed by atoms with Crippen molar-refractivity contribution in [2.45, 2.75) is 6.42 Å². The second-order valence-electron chi connectivity index (χ2n) is 4.91. The molecule has 1 fully saturated rings. The molecule has 1 aliphatic heterocycles. The van der Waals surface area contributed by atoms with Gasteiger partial charge in [0.1, 0.15) is 17.2 Å². The molecule has 4 nitrogen and oxygen atoms in total. The van der Waals surface area contributed by atoms with Crippen molar-refractivity contribution in [1.29, 1.82) is 0 Å². The lowest BCUT2D eigenvalue weighted by Crippen LogP contribution is -2.44. The van der Waals surface area contributed by atoms with E-state index in [0.29, 0.717) is 5.75 Å². The summed E-state index contributed by atoms with van der Waals surface area (Å²) in [5.41, 5.74) is 0. The molecule has 108 valence electrons. The molecular weight excluding hydrogens is 266 g/mol. The number of likely N-dealkylation sites (tertiary alicyclic amines) is 1. The number of amides is 1. The average molecular weight is 283 g/mol. The second-order valence-corrected chi connectivity index (χ2v) is 4.91. The number of nitrogens with zero attached hydrogens (tertiary/aromatic N) is 1. The van der Waals surface area contributed by atoms with Crippen molar-refractivity contribution in [3.8, 4) is 17.2 Å². The highest BCUT2D eigenvalue weighted by molar-refractivity contribution is 5.78. The zero-order valence-corrected chi connectivity index (χ0v) is 11.7. The first-order valence-corrected chi connectivity index (χ1v) is 7.05. The molecule has 2 aromatic carbocycles. The van der Waals surface area contributed by atoms with Crippen LogP contribution >= 0.6 is 0 Å². The minimum absolute atomic E-state index is 0.0471. The summed E-state index contributed by atoms with van der Waals surface area (Å²) < 4.78 is 11.2. The van der Waals surface area contributed by atoms with E-state index in [-0.39, 0.29) is 12.5 Å². The summed E-state index contributed by atoms with van der Waals surface area (Å²) >= 11 is 0. The van der Waals surface area contributed by atoms with Crippen molar-refractivity contribution < 1.29 is 14.3 Å². The van der Waals surface area contributed by atoms with E-state index in [0.717, 1.165) is 31.0 Å². The van der Waals surface area contributed by atoms with Crippen LogP contribution in [0.25, 0.3) is 0 Å². The van der Waals surface area contributed by atoms with Crippen molar-refractivity contribution in [2.75, 3.05) is 19.7 Å². The molecule has 21 heavy (non-hydrogen) atoms. The molecule has 3 rings (SSSR count). The van der Waals surface area contributed by atoms with E-state index in [2.05, 4.69) is 0 Å². The first kappa shape index (κ1) is 13.5. The zero-order chi connectivity index (χ0) is 14.5. The van der Waals surface area contributed by atoms with Crippen molar-refractivity contribution in [2.24, 2.45) is 0 Å². The van der Waals surface area contributed by atoms with Crippen LogP contribution in [0.3, 0.4) is 0 Å². The summed E-state index contributed by atoms with van der Waals surface area (Å²) in [5.74, 6) is 2.25. The Labute approximate surface area is 123 Å². The molecule has 0 aromatic heterocycles. The minimum atomic E-state index is 0.0471. The van der Waals surface area contributed by atoms with Crippen molar-refractivity contribution >= 4 is 5.91 Å². The Morgan fingerprint density at radius 3 is 2.14 bits per heavy atom. The molecule has 0 saturated carbocycles. The van der Waals surface area contributed by atoms with Crippen LogP contribution in [0.2, 0.25) is 0 Å². The van der Waals surface area contributed by atoms with E-state index in [1.54, 1.807) is 4.90 Å². The second kappa shape index (κ2) is 6.31. The predicted molar refractivity (Wildman–Crippen MR) is 79.7 cm³/mol. The quantitative estimate of drug-likeness (QED) is 0.846. The lowest BCUT2D eigenvalue weighted by atomic mass is 10.2. The molecule has 2 aromatic rings. The van der Waals surface area contributed by atoms with Crippen LogP contribution in [-0.4, -0.2) is 30.5 Å². The number of benzene rings is 2. The van der Waals surface area contributed by atoms with Crippen LogP contribution in [-0.2, 0) is 4.79 Å². The smallest absolute Gasteiger partial charge is 0.260 e. The van der Waals surface area contributed by atoms with Crippen LogP contribution < -0.4 is 9.47 Å². The fourth-order valence-corrected chi connectivity index (χ4v) is 2.03. The van der Waals surface area contributed by atoms with Gasteiger partial charge in [-0.1, -0.05) is 18.2 Å². The number of hydrogen-bond acceptors (Lipinski definition) is 3. The van der Waals surface area contributed by atoms with Gasteiger partial charge >= 0.3 is 0 Å². The first-order chi connectivity index (χ1) is 10.3. The standard InChI is InChI=1S/C17H17NO3/c19-17(18-11-4-12-18)13-20-14-7-9-16(10-8-14)21-15-5-2-1-3-6-15/h1-3,5-10H,4,11-13H2. The average Bonchev–Trinajstić information content (AvgIpc) is 2.46. The van der Waals surface area contributed by atoms with Crippen LogP contribution in [0, 0.1) is 0 Å². The van der Waals surface area contributed by atoms with Gasteiger partial charge in [0.15, 0.2) is 6.61 Å². The Morgan fingerprint density at radius 2 is 1.52 bits per heavy atom. The summed E-state index contributed by atoms with van der Waals surface area (Å²) in [7, 11) is 0. The van der Waals surface area contributed by atoms with Crippen molar-refractivity contribution in [1.82, 2.24) is 4.90 Å². The van der Waals surface area contributed by atoms with Gasteiger partial charge in [-0.05, 0) is 42.8 Å². The summed E-state index contributed by atoms with van der Waals surface area (Å²) in [4.78, 5) is 13.5. The molecule has 0 bridgehead atoms. The maximum Gasteiger partial charge on any atom is 0.260 e. The van der Waals surface area contributed by atoms with E-state index >= 15 is 0 Å². The largest absolute Gasteiger partial charge is 0.484 e. The number of carbonyl (C=O) groups is 1. The van der Waals surface area contributed by atoms with Gasteiger partial charge in [-0.15, -0.1) is 0 Å². The molecule has 0 N–H and O–H groups in total. The maximum absolute atomic E-state index is 11.7. The SMILES string of the molecule is O=C(COc1ccc(Oc2ccccc2)cc1)N1CCC1. The van der Waals surface area contributed by atoms with Crippen LogP contribution in [0.4, 0.5) is 0 Å². The van der Waals surface area contributed by atoms with Gasteiger partial charge in [0.2, 0.25) is 0 Å². The summed E-state index contributed by atoms with van der Waals surface area (Å²) in [6.07, 6.45) is 1.09. The summed E-state index contributed by atoms with van der Waals surface area (Å²) in [6, 6.07) is 16.9. The highest BCUT2D eigenvalue weighted by atomic mass is 16.5. The Morgan fingerprint density at radius 1 is 0.905 bits per heavy atom. The highest BCUT2D eigenvalue weighted by Crippen LogP contribution is 2.23. The number of carbonyl (C=O) groups excluding carboxylic acids is 1. The Balaban J connectivity index is 1.53. The third-order valence-electron chi connectivity index (χ3n) is 3.37. The molecule has 1 aliphatic rings. The van der Waals surface area contributed by atoms with Gasteiger partial charge in [0.05, 0.1) is 0 Å². The number of hydrogen-bond donors (Lipinski definition) is 0. The Kier molecular flexibility index (Phi) is 4.05. The van der Waals surface area contributed by atoms with Crippen LogP contribution in [0.15, 0.2) is 54.6 Å². The van der Waals surface area contributed by atoms with Gasteiger partial charge in [0.25, 0.3) is 5.91 Å². The highest BCUT2D eigenvalue weighted by Gasteiger charge is 2.20. The molecule has 0 aliphatic carbocycles. The fraction of sp³-hybridized carbons (Fsp3) is 0.235. The minimum Gasteiger partial charge on any atom is -0.484 e. The number of para-hydroxylation sites is 1. The third kappa shape index (κ3) is 3.54. The van der Waals surface area contributed by atoms with Gasteiger partial charge < -0.3 is 14.4 Å². The normalized spacial score (nSPS) is 13.4. The number of ether oxygens (including phenoxy) is 2. The summed E-state index contributed by atoms with van der Waals surface area (Å²) in [5, 5.41) is 0. The topological polar surface area (TPSA) is 38.8 Å². The van der Waals surface area contributed by atoms with Crippen molar-refractivity contribution in [3.05, 3.63) is 54.6 Å². The molecule has 1 saturated heterocycles. The monoisotopic (exact) mass is 283 g/mol. The van der Waals surface area contributed by atoms with E-state index in [1.165, 1.54) is 0 Å². The lowest BCUT2D eigenvalue weighted by molar-refractivity contribution is -0.136. The maximum atomic E-state index is 11.7. The van der Waals surface area contributed by atoms with E-state index in [9.17, 15) is 4.79 Å². The lowest BCUT2D eigenvalue weighted by Gasteiger charge is -2.30. The molecule has 4 heteroatoms. The fourth-order valence-electron chi connectivity index (χ4n) is 2.03. The Bertz CT molecular complexity index is 591. The molecule has 0 radical (unpaired) electrons. The van der Waals surface area contributed by atoms with Gasteiger partial charge in [-0.25, -0.2) is 0 Å². The van der Waals surface area contributed by atoms with Crippen LogP contribution in [0.1, 0.15) is 6.42 Å². The Hall–Kier alpha value is -2.49. The molecule has 0 atom stereocenters. The molecule has 1 amide bonds. The zero-order valence-electron chi connectivity index (χ0n) is 11.7. The molecule has 1 heterocycles. The molecule has 0 unspecified atom stereocenters. The van der Waals surface area contributed by atoms with Crippen molar-refractivity contribution in [3.63, 3.8) is 0 Å². The van der Waals surface area contributed by atoms with Gasteiger partial charge in [-0.3, -0.25) is 4.79 Å². The number of rotatable bonds is 5. The van der Waals surface area contributed by atoms with Crippen LogP contribution in [0.5, 0.6) is 17.2 Å². The van der Waals surface area contributed by atoms with Gasteiger partial charge in [-0.2, -0.15) is 0 Å². The molecular formula is C17H17NO3. The van der Waals surface area contributed by atoms with E-state index in [1.807, 2.05) is 54.6 Å². The predicted octanol–water partition coefficient (Wildman–Crippen LogP) is 3.09. The van der Waals surface area contributed by atoms with E-state index < -0.39 is 0 Å². The first-order valence-electron chi connectivity index (χ1n) is 7.05. The molecule has 0 spiro atoms. The van der Waals surface area contributed by atoms with E-state index in [4.69, 9.17) is 9.47 Å². The summed E-state index contributed by atoms with van der Waals surface area (Å²) in [6.45, 7) is 1.80.